The molecule has 1 saturated carbocycles. The standard InChI is InChI=1S/C16H19N3O2/c1-2-16(8-4-9-16)11-18-13-6-7-14(19(20)21)12-5-3-10-17-15(12)13/h3,5-7,10,18H,2,4,8-9,11H2,1H3. The summed E-state index contributed by atoms with van der Waals surface area (Å²) in [6.07, 6.45) is 6.66. The maximum atomic E-state index is 11.1. The normalized spacial score (nSPS) is 16.4. The molecule has 1 aliphatic carbocycles. The van der Waals surface area contributed by atoms with Crippen molar-refractivity contribution in [3.8, 4) is 0 Å². The number of nitro benzene ring substituents is 1. The number of non-ortho nitro benzene ring substituents is 1. The van der Waals surface area contributed by atoms with E-state index in [0.29, 0.717) is 16.3 Å². The third-order valence-corrected chi connectivity index (χ3v) is 4.76. The Morgan fingerprint density at radius 2 is 2.19 bits per heavy atom. The Hall–Kier alpha value is -2.17. The lowest BCUT2D eigenvalue weighted by atomic mass is 9.67. The number of aromatic nitrogens is 1. The molecule has 1 heterocycles. The Morgan fingerprint density at radius 1 is 1.38 bits per heavy atom. The number of fused-ring (bicyclic) bond motifs is 1. The topological polar surface area (TPSA) is 68.1 Å². The highest BCUT2D eigenvalue weighted by atomic mass is 16.6. The number of rotatable bonds is 5. The first-order valence-electron chi connectivity index (χ1n) is 7.41. The molecular weight excluding hydrogens is 266 g/mol. The molecular formula is C16H19N3O2. The fourth-order valence-corrected chi connectivity index (χ4v) is 3.07. The third-order valence-electron chi connectivity index (χ3n) is 4.76. The number of benzene rings is 1. The molecule has 1 fully saturated rings. The zero-order valence-electron chi connectivity index (χ0n) is 12.1. The second-order valence-electron chi connectivity index (χ2n) is 5.85. The van der Waals surface area contributed by atoms with E-state index >= 15 is 0 Å². The summed E-state index contributed by atoms with van der Waals surface area (Å²) >= 11 is 0. The fourth-order valence-electron chi connectivity index (χ4n) is 3.07. The minimum Gasteiger partial charge on any atom is -0.383 e. The van der Waals surface area contributed by atoms with Crippen molar-refractivity contribution in [1.29, 1.82) is 0 Å². The number of hydrogen-bond acceptors (Lipinski definition) is 4. The van der Waals surface area contributed by atoms with Crippen LogP contribution in [0.1, 0.15) is 32.6 Å². The molecule has 5 heteroatoms. The van der Waals surface area contributed by atoms with Crippen molar-refractivity contribution in [3.05, 3.63) is 40.6 Å². The van der Waals surface area contributed by atoms with E-state index in [2.05, 4.69) is 17.2 Å². The highest BCUT2D eigenvalue weighted by molar-refractivity contribution is 5.96. The van der Waals surface area contributed by atoms with Crippen LogP contribution in [0.3, 0.4) is 0 Å². The summed E-state index contributed by atoms with van der Waals surface area (Å²) in [4.78, 5) is 15.1. The van der Waals surface area contributed by atoms with Crippen LogP contribution in [0.5, 0.6) is 0 Å². The fraction of sp³-hybridized carbons (Fsp3) is 0.438. The van der Waals surface area contributed by atoms with Crippen LogP contribution in [-0.2, 0) is 0 Å². The van der Waals surface area contributed by atoms with Crippen LogP contribution in [-0.4, -0.2) is 16.5 Å². The van der Waals surface area contributed by atoms with E-state index in [1.54, 1.807) is 30.5 Å². The van der Waals surface area contributed by atoms with Crippen molar-refractivity contribution < 1.29 is 4.92 Å². The maximum absolute atomic E-state index is 11.1. The molecule has 110 valence electrons. The molecule has 21 heavy (non-hydrogen) atoms. The average molecular weight is 285 g/mol. The van der Waals surface area contributed by atoms with Crippen molar-refractivity contribution >= 4 is 22.3 Å². The van der Waals surface area contributed by atoms with Crippen molar-refractivity contribution in [3.63, 3.8) is 0 Å². The average Bonchev–Trinajstić information content (AvgIpc) is 2.46. The molecule has 2 aromatic rings. The molecule has 3 rings (SSSR count). The van der Waals surface area contributed by atoms with Gasteiger partial charge in [-0.15, -0.1) is 0 Å². The third kappa shape index (κ3) is 2.44. The summed E-state index contributed by atoms with van der Waals surface area (Å²) in [7, 11) is 0. The molecule has 0 amide bonds. The Balaban J connectivity index is 1.93. The quantitative estimate of drug-likeness (QED) is 0.662. The molecule has 0 saturated heterocycles. The first kappa shape index (κ1) is 13.8. The van der Waals surface area contributed by atoms with Crippen LogP contribution in [0.15, 0.2) is 30.5 Å². The first-order chi connectivity index (χ1) is 10.2. The van der Waals surface area contributed by atoms with Crippen LogP contribution >= 0.6 is 0 Å². The Labute approximate surface area is 123 Å². The van der Waals surface area contributed by atoms with Gasteiger partial charge in [0, 0.05) is 18.8 Å². The zero-order chi connectivity index (χ0) is 14.9. The van der Waals surface area contributed by atoms with E-state index in [4.69, 9.17) is 0 Å². The van der Waals surface area contributed by atoms with Crippen molar-refractivity contribution in [2.45, 2.75) is 32.6 Å². The maximum Gasteiger partial charge on any atom is 0.278 e. The van der Waals surface area contributed by atoms with Crippen LogP contribution in [0.2, 0.25) is 0 Å². The molecule has 1 N–H and O–H groups in total. The predicted molar refractivity (Wildman–Crippen MR) is 83.5 cm³/mol. The molecule has 1 aliphatic rings. The van der Waals surface area contributed by atoms with Gasteiger partial charge in [-0.3, -0.25) is 15.1 Å². The number of pyridine rings is 1. The molecule has 0 bridgehead atoms. The lowest BCUT2D eigenvalue weighted by molar-refractivity contribution is -0.383. The van der Waals surface area contributed by atoms with E-state index in [0.717, 1.165) is 12.2 Å². The highest BCUT2D eigenvalue weighted by Crippen LogP contribution is 2.44. The molecule has 5 nitrogen and oxygen atoms in total. The minimum atomic E-state index is -0.354. The van der Waals surface area contributed by atoms with Crippen LogP contribution in [0, 0.1) is 15.5 Å². The van der Waals surface area contributed by atoms with Gasteiger partial charge < -0.3 is 5.32 Å². The summed E-state index contributed by atoms with van der Waals surface area (Å²) in [5, 5.41) is 15.2. The molecule has 0 unspecified atom stereocenters. The number of nitrogens with zero attached hydrogens (tertiary/aromatic N) is 2. The van der Waals surface area contributed by atoms with Gasteiger partial charge in [0.1, 0.15) is 5.52 Å². The summed E-state index contributed by atoms with van der Waals surface area (Å²) in [6, 6.07) is 6.82. The summed E-state index contributed by atoms with van der Waals surface area (Å²) < 4.78 is 0. The lowest BCUT2D eigenvalue weighted by Gasteiger charge is -2.41. The Kier molecular flexibility index (Phi) is 3.49. The smallest absolute Gasteiger partial charge is 0.278 e. The highest BCUT2D eigenvalue weighted by Gasteiger charge is 2.34. The van der Waals surface area contributed by atoms with E-state index in [1.165, 1.54) is 25.7 Å². The second kappa shape index (κ2) is 5.31. The Morgan fingerprint density at radius 3 is 2.81 bits per heavy atom. The van der Waals surface area contributed by atoms with Gasteiger partial charge in [0.15, 0.2) is 0 Å². The largest absolute Gasteiger partial charge is 0.383 e. The van der Waals surface area contributed by atoms with Gasteiger partial charge in [-0.1, -0.05) is 13.3 Å². The van der Waals surface area contributed by atoms with Gasteiger partial charge in [-0.05, 0) is 42.9 Å². The van der Waals surface area contributed by atoms with E-state index in [9.17, 15) is 10.1 Å². The van der Waals surface area contributed by atoms with Gasteiger partial charge >= 0.3 is 0 Å². The molecule has 0 atom stereocenters. The van der Waals surface area contributed by atoms with E-state index < -0.39 is 0 Å². The lowest BCUT2D eigenvalue weighted by Crippen LogP contribution is -2.35. The van der Waals surface area contributed by atoms with Crippen LogP contribution in [0.25, 0.3) is 10.9 Å². The predicted octanol–water partition coefficient (Wildman–Crippen LogP) is 4.14. The number of nitro groups is 1. The van der Waals surface area contributed by atoms with E-state index in [-0.39, 0.29) is 10.6 Å². The second-order valence-corrected chi connectivity index (χ2v) is 5.85. The van der Waals surface area contributed by atoms with Crippen LogP contribution < -0.4 is 5.32 Å². The van der Waals surface area contributed by atoms with E-state index in [1.807, 2.05) is 0 Å². The van der Waals surface area contributed by atoms with Gasteiger partial charge in [0.25, 0.3) is 5.69 Å². The summed E-state index contributed by atoms with van der Waals surface area (Å²) in [5.74, 6) is 0. The SMILES string of the molecule is CCC1(CNc2ccc([N+](=O)[O-])c3cccnc23)CCC1. The molecule has 0 spiro atoms. The van der Waals surface area contributed by atoms with Gasteiger partial charge in [0.05, 0.1) is 16.0 Å². The van der Waals surface area contributed by atoms with Crippen molar-refractivity contribution in [2.24, 2.45) is 5.41 Å². The molecule has 1 aromatic heterocycles. The molecule has 1 aromatic carbocycles. The van der Waals surface area contributed by atoms with Crippen molar-refractivity contribution in [1.82, 2.24) is 4.98 Å². The molecule has 0 aliphatic heterocycles. The van der Waals surface area contributed by atoms with Crippen LogP contribution in [0.4, 0.5) is 11.4 Å². The summed E-state index contributed by atoms with van der Waals surface area (Å²) in [6.45, 7) is 3.14. The number of nitrogens with one attached hydrogen (secondary N) is 1. The van der Waals surface area contributed by atoms with Gasteiger partial charge in [-0.2, -0.15) is 0 Å². The number of anilines is 1. The van der Waals surface area contributed by atoms with Crippen molar-refractivity contribution in [2.75, 3.05) is 11.9 Å². The summed E-state index contributed by atoms with van der Waals surface area (Å²) in [5.41, 5.74) is 2.06. The van der Waals surface area contributed by atoms with Gasteiger partial charge in [-0.25, -0.2) is 0 Å². The van der Waals surface area contributed by atoms with Gasteiger partial charge in [0.2, 0.25) is 0 Å². The Bertz CT molecular complexity index is 675. The molecule has 0 radical (unpaired) electrons. The monoisotopic (exact) mass is 285 g/mol. The number of hydrogen-bond donors (Lipinski definition) is 1. The minimum absolute atomic E-state index is 0.109. The zero-order valence-corrected chi connectivity index (χ0v) is 12.1. The first-order valence-corrected chi connectivity index (χ1v) is 7.41.